The molecular formula is C13H14FN3OS. The Bertz CT molecular complexity index is 627. The van der Waals surface area contributed by atoms with Crippen LogP contribution in [0, 0.1) is 5.82 Å². The van der Waals surface area contributed by atoms with Crippen molar-refractivity contribution in [3.8, 4) is 5.75 Å². The lowest BCUT2D eigenvalue weighted by molar-refractivity contribution is 0.386. The zero-order valence-corrected chi connectivity index (χ0v) is 11.6. The van der Waals surface area contributed by atoms with Crippen LogP contribution in [0.2, 0.25) is 0 Å². The highest BCUT2D eigenvalue weighted by Crippen LogP contribution is 2.35. The molecule has 0 saturated carbocycles. The van der Waals surface area contributed by atoms with Crippen molar-refractivity contribution in [1.82, 2.24) is 9.78 Å². The average Bonchev–Trinajstić information content (AvgIpc) is 2.93. The molecule has 6 heteroatoms. The van der Waals surface area contributed by atoms with E-state index in [-0.39, 0.29) is 11.6 Å². The predicted molar refractivity (Wildman–Crippen MR) is 74.4 cm³/mol. The molecule has 19 heavy (non-hydrogen) atoms. The normalized spacial score (nSPS) is 13.4. The van der Waals surface area contributed by atoms with Crippen molar-refractivity contribution in [2.24, 2.45) is 7.05 Å². The molecule has 4 nitrogen and oxygen atoms in total. The van der Waals surface area contributed by atoms with Gasteiger partial charge in [-0.2, -0.15) is 16.9 Å². The summed E-state index contributed by atoms with van der Waals surface area (Å²) in [6.45, 7) is 0. The van der Waals surface area contributed by atoms with Gasteiger partial charge in [0.1, 0.15) is 5.82 Å². The number of ether oxygens (including phenoxy) is 1. The van der Waals surface area contributed by atoms with E-state index in [1.54, 1.807) is 12.1 Å². The van der Waals surface area contributed by atoms with E-state index in [2.05, 4.69) is 10.4 Å². The van der Waals surface area contributed by atoms with Gasteiger partial charge in [-0.3, -0.25) is 4.68 Å². The Balaban J connectivity index is 1.91. The van der Waals surface area contributed by atoms with Crippen LogP contribution < -0.4 is 10.1 Å². The Morgan fingerprint density at radius 1 is 1.42 bits per heavy atom. The van der Waals surface area contributed by atoms with Gasteiger partial charge in [-0.1, -0.05) is 0 Å². The second-order valence-corrected chi connectivity index (χ2v) is 5.35. The monoisotopic (exact) mass is 279 g/mol. The zero-order valence-electron chi connectivity index (χ0n) is 10.7. The standard InChI is InChI=1S/C13H14FN3OS/c1-17-13(9-6-19-7-11(9)16-17)15-8-3-4-12(18-2)10(14)5-8/h3-5,15H,6-7H2,1-2H3. The zero-order chi connectivity index (χ0) is 13.4. The van der Waals surface area contributed by atoms with Crippen LogP contribution in [0.25, 0.3) is 0 Å². The van der Waals surface area contributed by atoms with Gasteiger partial charge in [0.2, 0.25) is 0 Å². The predicted octanol–water partition coefficient (Wildman–Crippen LogP) is 3.06. The molecule has 0 atom stereocenters. The van der Waals surface area contributed by atoms with Gasteiger partial charge in [0.05, 0.1) is 12.8 Å². The third-order valence-electron chi connectivity index (χ3n) is 3.13. The van der Waals surface area contributed by atoms with Crippen LogP contribution in [0.5, 0.6) is 5.75 Å². The number of benzene rings is 1. The van der Waals surface area contributed by atoms with E-state index in [4.69, 9.17) is 4.74 Å². The fourth-order valence-electron chi connectivity index (χ4n) is 2.18. The van der Waals surface area contributed by atoms with Crippen LogP contribution in [0.15, 0.2) is 18.2 Å². The first-order valence-corrected chi connectivity index (χ1v) is 7.07. The van der Waals surface area contributed by atoms with Gasteiger partial charge in [-0.15, -0.1) is 0 Å². The van der Waals surface area contributed by atoms with E-state index >= 15 is 0 Å². The number of rotatable bonds is 3. The number of aromatic nitrogens is 2. The number of thioether (sulfide) groups is 1. The van der Waals surface area contributed by atoms with Crippen LogP contribution in [0.3, 0.4) is 0 Å². The SMILES string of the molecule is COc1ccc(Nc2c3c(nn2C)CSC3)cc1F. The Hall–Kier alpha value is -1.69. The van der Waals surface area contributed by atoms with Gasteiger partial charge in [-0.25, -0.2) is 4.39 Å². The fourth-order valence-corrected chi connectivity index (χ4v) is 3.21. The molecule has 0 fully saturated rings. The smallest absolute Gasteiger partial charge is 0.167 e. The first kappa shape index (κ1) is 12.3. The van der Waals surface area contributed by atoms with Crippen molar-refractivity contribution in [3.63, 3.8) is 0 Å². The molecule has 100 valence electrons. The number of anilines is 2. The first-order chi connectivity index (χ1) is 9.19. The molecule has 1 N–H and O–H groups in total. The van der Waals surface area contributed by atoms with Crippen molar-refractivity contribution in [2.75, 3.05) is 12.4 Å². The lowest BCUT2D eigenvalue weighted by Crippen LogP contribution is -2.01. The van der Waals surface area contributed by atoms with Gasteiger partial charge in [0.25, 0.3) is 0 Å². The first-order valence-electron chi connectivity index (χ1n) is 5.92. The molecule has 0 bridgehead atoms. The second kappa shape index (κ2) is 4.77. The highest BCUT2D eigenvalue weighted by Gasteiger charge is 2.21. The summed E-state index contributed by atoms with van der Waals surface area (Å²) in [6.07, 6.45) is 0. The summed E-state index contributed by atoms with van der Waals surface area (Å²) in [6, 6.07) is 4.84. The van der Waals surface area contributed by atoms with E-state index in [0.29, 0.717) is 5.69 Å². The minimum Gasteiger partial charge on any atom is -0.494 e. The van der Waals surface area contributed by atoms with Gasteiger partial charge in [-0.05, 0) is 12.1 Å². The number of fused-ring (bicyclic) bond motifs is 1. The highest BCUT2D eigenvalue weighted by molar-refractivity contribution is 7.98. The van der Waals surface area contributed by atoms with E-state index in [0.717, 1.165) is 23.0 Å². The summed E-state index contributed by atoms with van der Waals surface area (Å²) in [5, 5.41) is 7.69. The summed E-state index contributed by atoms with van der Waals surface area (Å²) in [7, 11) is 3.35. The number of hydrogen-bond donors (Lipinski definition) is 1. The summed E-state index contributed by atoms with van der Waals surface area (Å²) in [4.78, 5) is 0. The van der Waals surface area contributed by atoms with Crippen LogP contribution in [-0.4, -0.2) is 16.9 Å². The van der Waals surface area contributed by atoms with E-state index < -0.39 is 0 Å². The van der Waals surface area contributed by atoms with Gasteiger partial charge in [0, 0.05) is 35.9 Å². The minimum absolute atomic E-state index is 0.247. The maximum absolute atomic E-state index is 13.7. The molecule has 3 rings (SSSR count). The van der Waals surface area contributed by atoms with E-state index in [1.165, 1.54) is 18.7 Å². The molecule has 0 aliphatic carbocycles. The molecule has 1 aliphatic heterocycles. The van der Waals surface area contributed by atoms with Crippen molar-refractivity contribution in [2.45, 2.75) is 11.5 Å². The van der Waals surface area contributed by atoms with Crippen molar-refractivity contribution < 1.29 is 9.13 Å². The number of hydrogen-bond acceptors (Lipinski definition) is 4. The summed E-state index contributed by atoms with van der Waals surface area (Å²) >= 11 is 1.84. The van der Waals surface area contributed by atoms with E-state index in [1.807, 2.05) is 23.5 Å². The van der Waals surface area contributed by atoms with E-state index in [9.17, 15) is 4.39 Å². The summed E-state index contributed by atoms with van der Waals surface area (Å²) in [5.74, 6) is 2.70. The lowest BCUT2D eigenvalue weighted by atomic mass is 10.2. The van der Waals surface area contributed by atoms with Crippen molar-refractivity contribution in [1.29, 1.82) is 0 Å². The lowest BCUT2D eigenvalue weighted by Gasteiger charge is -2.10. The summed E-state index contributed by atoms with van der Waals surface area (Å²) in [5.41, 5.74) is 3.02. The maximum Gasteiger partial charge on any atom is 0.167 e. The number of nitrogens with one attached hydrogen (secondary N) is 1. The second-order valence-electron chi connectivity index (χ2n) is 4.36. The largest absolute Gasteiger partial charge is 0.494 e. The molecule has 0 spiro atoms. The Morgan fingerprint density at radius 3 is 3.00 bits per heavy atom. The molecule has 1 aromatic carbocycles. The van der Waals surface area contributed by atoms with Crippen LogP contribution in [0.4, 0.5) is 15.9 Å². The number of nitrogens with zero attached hydrogens (tertiary/aromatic N) is 2. The van der Waals surface area contributed by atoms with Crippen molar-refractivity contribution in [3.05, 3.63) is 35.3 Å². The Kier molecular flexibility index (Phi) is 3.10. The van der Waals surface area contributed by atoms with Gasteiger partial charge in [0.15, 0.2) is 11.6 Å². The molecular weight excluding hydrogens is 265 g/mol. The number of methoxy groups -OCH3 is 1. The van der Waals surface area contributed by atoms with Crippen molar-refractivity contribution >= 4 is 23.3 Å². The quantitative estimate of drug-likeness (QED) is 0.937. The molecule has 2 aromatic rings. The maximum atomic E-state index is 13.7. The van der Waals surface area contributed by atoms with Crippen LogP contribution in [0.1, 0.15) is 11.3 Å². The molecule has 1 aromatic heterocycles. The third kappa shape index (κ3) is 2.16. The van der Waals surface area contributed by atoms with Crippen LogP contribution in [-0.2, 0) is 18.6 Å². The van der Waals surface area contributed by atoms with Gasteiger partial charge >= 0.3 is 0 Å². The topological polar surface area (TPSA) is 39.1 Å². The molecule has 0 radical (unpaired) electrons. The van der Waals surface area contributed by atoms with Gasteiger partial charge < -0.3 is 10.1 Å². The Labute approximate surface area is 115 Å². The molecule has 0 saturated heterocycles. The third-order valence-corrected chi connectivity index (χ3v) is 4.10. The molecule has 0 unspecified atom stereocenters. The van der Waals surface area contributed by atoms with Crippen LogP contribution >= 0.6 is 11.8 Å². The number of halogens is 1. The Morgan fingerprint density at radius 2 is 2.26 bits per heavy atom. The minimum atomic E-state index is -0.374. The molecule has 2 heterocycles. The molecule has 0 amide bonds. The number of aryl methyl sites for hydroxylation is 1. The average molecular weight is 279 g/mol. The molecule has 1 aliphatic rings. The fraction of sp³-hybridized carbons (Fsp3) is 0.308. The highest BCUT2D eigenvalue weighted by atomic mass is 32.2. The summed E-state index contributed by atoms with van der Waals surface area (Å²) < 4.78 is 20.4.